The molecule has 10 heteroatoms. The van der Waals surface area contributed by atoms with Crippen molar-refractivity contribution in [2.45, 2.75) is 94.9 Å². The molecule has 1 saturated carbocycles. The number of aryl methyl sites for hydroxylation is 1. The van der Waals surface area contributed by atoms with Crippen molar-refractivity contribution < 1.29 is 23.6 Å². The first-order chi connectivity index (χ1) is 21.2. The molecule has 9 nitrogen and oxygen atoms in total. The van der Waals surface area contributed by atoms with E-state index >= 15 is 0 Å². The van der Waals surface area contributed by atoms with Gasteiger partial charge in [0.2, 0.25) is 17.7 Å². The summed E-state index contributed by atoms with van der Waals surface area (Å²) in [7, 11) is 1.69. The zero-order valence-electron chi connectivity index (χ0n) is 25.6. The number of carbonyl (C=O) groups is 4. The molecule has 2 aromatic carbocycles. The monoisotopic (exact) mass is 605 g/mol. The fourth-order valence-corrected chi connectivity index (χ4v) is 6.91. The number of nitrogens with zero attached hydrogens (tertiary/aromatic N) is 1. The molecule has 4 amide bonds. The SMILES string of the molecule is CNC(C)C(=O)NC(C(=O)N1CC(NC(=O)c2ccc(F)cc2)CC1C(=O)NC1CCCc2ccccc21)C1CCCCC1. The van der Waals surface area contributed by atoms with E-state index in [0.29, 0.717) is 5.56 Å². The van der Waals surface area contributed by atoms with Crippen molar-refractivity contribution in [3.05, 3.63) is 71.0 Å². The van der Waals surface area contributed by atoms with E-state index in [-0.39, 0.29) is 42.6 Å². The quantitative estimate of drug-likeness (QED) is 0.350. The second-order valence-electron chi connectivity index (χ2n) is 12.5. The number of halogens is 1. The number of likely N-dealkylation sites (N-methyl/N-ethyl adjacent to an activating group) is 1. The lowest BCUT2D eigenvalue weighted by atomic mass is 9.83. The average molecular weight is 606 g/mol. The van der Waals surface area contributed by atoms with Crippen LogP contribution in [0.1, 0.15) is 85.8 Å². The van der Waals surface area contributed by atoms with E-state index in [2.05, 4.69) is 27.3 Å². The van der Waals surface area contributed by atoms with Gasteiger partial charge < -0.3 is 26.2 Å². The predicted octanol–water partition coefficient (Wildman–Crippen LogP) is 3.39. The number of likely N-dealkylation sites (tertiary alicyclic amines) is 1. The Labute approximate surface area is 258 Å². The summed E-state index contributed by atoms with van der Waals surface area (Å²) in [6.45, 7) is 1.87. The molecule has 5 unspecified atom stereocenters. The highest BCUT2D eigenvalue weighted by Crippen LogP contribution is 2.32. The van der Waals surface area contributed by atoms with Crippen LogP contribution in [-0.4, -0.2) is 66.3 Å². The molecular formula is C34H44FN5O4. The van der Waals surface area contributed by atoms with Gasteiger partial charge in [-0.1, -0.05) is 43.5 Å². The molecule has 0 bridgehead atoms. The zero-order valence-corrected chi connectivity index (χ0v) is 25.6. The molecule has 1 saturated heterocycles. The minimum absolute atomic E-state index is 0.0361. The van der Waals surface area contributed by atoms with Crippen LogP contribution in [0.2, 0.25) is 0 Å². The van der Waals surface area contributed by atoms with Crippen molar-refractivity contribution >= 4 is 23.6 Å². The van der Waals surface area contributed by atoms with Crippen molar-refractivity contribution in [2.75, 3.05) is 13.6 Å². The Hall–Kier alpha value is -3.79. The molecule has 1 aliphatic heterocycles. The third-order valence-electron chi connectivity index (χ3n) is 9.53. The topological polar surface area (TPSA) is 120 Å². The molecule has 0 spiro atoms. The van der Waals surface area contributed by atoms with E-state index in [1.807, 2.05) is 18.2 Å². The van der Waals surface area contributed by atoms with Crippen molar-refractivity contribution in [2.24, 2.45) is 5.92 Å². The van der Waals surface area contributed by atoms with Gasteiger partial charge in [-0.15, -0.1) is 0 Å². The van der Waals surface area contributed by atoms with E-state index in [1.165, 1.54) is 29.8 Å². The van der Waals surface area contributed by atoms with E-state index in [4.69, 9.17) is 0 Å². The largest absolute Gasteiger partial charge is 0.347 e. The summed E-state index contributed by atoms with van der Waals surface area (Å²) >= 11 is 0. The lowest BCUT2D eigenvalue weighted by Gasteiger charge is -2.35. The number of rotatable bonds is 9. The minimum Gasteiger partial charge on any atom is -0.347 e. The summed E-state index contributed by atoms with van der Waals surface area (Å²) < 4.78 is 13.5. The highest BCUT2D eigenvalue weighted by atomic mass is 19.1. The Bertz CT molecular complexity index is 1350. The van der Waals surface area contributed by atoms with Gasteiger partial charge in [0, 0.05) is 18.2 Å². The van der Waals surface area contributed by atoms with Crippen molar-refractivity contribution in [3.63, 3.8) is 0 Å². The van der Waals surface area contributed by atoms with E-state index < -0.39 is 35.9 Å². The number of benzene rings is 2. The van der Waals surface area contributed by atoms with Crippen LogP contribution in [0.3, 0.4) is 0 Å². The lowest BCUT2D eigenvalue weighted by molar-refractivity contribution is -0.143. The summed E-state index contributed by atoms with van der Waals surface area (Å²) in [5, 5.41) is 12.1. The van der Waals surface area contributed by atoms with Crippen LogP contribution >= 0.6 is 0 Å². The van der Waals surface area contributed by atoms with Crippen LogP contribution in [0.25, 0.3) is 0 Å². The molecule has 0 radical (unpaired) electrons. The summed E-state index contributed by atoms with van der Waals surface area (Å²) in [5.41, 5.74) is 2.61. The maximum Gasteiger partial charge on any atom is 0.251 e. The summed E-state index contributed by atoms with van der Waals surface area (Å²) in [6.07, 6.45) is 7.63. The smallest absolute Gasteiger partial charge is 0.251 e. The highest BCUT2D eigenvalue weighted by Gasteiger charge is 2.45. The van der Waals surface area contributed by atoms with Gasteiger partial charge in [0.1, 0.15) is 17.9 Å². The minimum atomic E-state index is -0.820. The lowest BCUT2D eigenvalue weighted by Crippen LogP contribution is -2.58. The van der Waals surface area contributed by atoms with Crippen molar-refractivity contribution in [1.82, 2.24) is 26.2 Å². The van der Waals surface area contributed by atoms with Crippen LogP contribution in [0.15, 0.2) is 48.5 Å². The fraction of sp³-hybridized carbons (Fsp3) is 0.529. The van der Waals surface area contributed by atoms with E-state index in [1.54, 1.807) is 18.9 Å². The zero-order chi connectivity index (χ0) is 31.2. The van der Waals surface area contributed by atoms with Gasteiger partial charge in [0.05, 0.1) is 12.1 Å². The summed E-state index contributed by atoms with van der Waals surface area (Å²) in [4.78, 5) is 56.0. The number of carbonyl (C=O) groups excluding carboxylic acids is 4. The third-order valence-corrected chi connectivity index (χ3v) is 9.53. The van der Waals surface area contributed by atoms with Crippen LogP contribution in [0.4, 0.5) is 4.39 Å². The first-order valence-corrected chi connectivity index (χ1v) is 16.0. The van der Waals surface area contributed by atoms with Crippen LogP contribution < -0.4 is 21.3 Å². The second-order valence-corrected chi connectivity index (χ2v) is 12.5. The molecule has 4 N–H and O–H groups in total. The molecule has 236 valence electrons. The molecule has 1 heterocycles. The van der Waals surface area contributed by atoms with Gasteiger partial charge in [0.25, 0.3) is 5.91 Å². The number of hydrogen-bond donors (Lipinski definition) is 4. The molecule has 5 rings (SSSR count). The van der Waals surface area contributed by atoms with Crippen molar-refractivity contribution in [3.8, 4) is 0 Å². The van der Waals surface area contributed by atoms with Gasteiger partial charge in [-0.05, 0) is 93.8 Å². The van der Waals surface area contributed by atoms with Crippen LogP contribution in [0.5, 0.6) is 0 Å². The number of amides is 4. The summed E-state index contributed by atoms with van der Waals surface area (Å²) in [6, 6.07) is 10.6. The Morgan fingerprint density at radius 1 is 0.909 bits per heavy atom. The summed E-state index contributed by atoms with van der Waals surface area (Å²) in [5.74, 6) is -1.71. The first-order valence-electron chi connectivity index (χ1n) is 16.0. The van der Waals surface area contributed by atoms with Gasteiger partial charge in [-0.2, -0.15) is 0 Å². The Balaban J connectivity index is 1.39. The van der Waals surface area contributed by atoms with Gasteiger partial charge in [0.15, 0.2) is 0 Å². The molecule has 0 aromatic heterocycles. The van der Waals surface area contributed by atoms with E-state index in [0.717, 1.165) is 56.9 Å². The fourth-order valence-electron chi connectivity index (χ4n) is 6.91. The van der Waals surface area contributed by atoms with Gasteiger partial charge in [-0.25, -0.2) is 4.39 Å². The molecule has 2 aromatic rings. The molecule has 44 heavy (non-hydrogen) atoms. The second kappa shape index (κ2) is 14.3. The number of nitrogens with one attached hydrogen (secondary N) is 4. The van der Waals surface area contributed by atoms with Crippen LogP contribution in [0, 0.1) is 11.7 Å². The Morgan fingerprint density at radius 2 is 1.64 bits per heavy atom. The van der Waals surface area contributed by atoms with Crippen LogP contribution in [-0.2, 0) is 20.8 Å². The first kappa shape index (κ1) is 31.6. The third kappa shape index (κ3) is 7.29. The number of fused-ring (bicyclic) bond motifs is 1. The molecule has 3 aliphatic rings. The molecule has 2 aliphatic carbocycles. The van der Waals surface area contributed by atoms with E-state index in [9.17, 15) is 23.6 Å². The molecule has 2 fully saturated rings. The Morgan fingerprint density at radius 3 is 2.36 bits per heavy atom. The molecular weight excluding hydrogens is 561 g/mol. The maximum absolute atomic E-state index is 14.4. The average Bonchev–Trinajstić information content (AvgIpc) is 3.47. The standard InChI is InChI=1S/C34H44FN5O4/c1-21(36-2)31(41)39-30(23-10-4-3-5-11-23)34(44)40-20-26(37-32(42)24-15-17-25(35)18-16-24)19-29(40)33(43)38-28-14-8-12-22-9-6-7-13-27(22)28/h6-7,9,13,15-18,21,23,26,28-30,36H,3-5,8,10-12,14,19-20H2,1-2H3,(H,37,42)(H,38,43)(H,39,41). The van der Waals surface area contributed by atoms with Gasteiger partial charge >= 0.3 is 0 Å². The van der Waals surface area contributed by atoms with Gasteiger partial charge in [-0.3, -0.25) is 19.2 Å². The van der Waals surface area contributed by atoms with Crippen molar-refractivity contribution in [1.29, 1.82) is 0 Å². The molecule has 5 atom stereocenters. The Kier molecular flexibility index (Phi) is 10.3. The maximum atomic E-state index is 14.4. The highest BCUT2D eigenvalue weighted by molar-refractivity contribution is 5.96. The normalized spacial score (nSPS) is 23.2. The predicted molar refractivity (Wildman–Crippen MR) is 165 cm³/mol. The number of hydrogen-bond acceptors (Lipinski definition) is 5.